The van der Waals surface area contributed by atoms with Crippen molar-refractivity contribution in [2.75, 3.05) is 25.0 Å². The summed E-state index contributed by atoms with van der Waals surface area (Å²) < 4.78 is 44.8. The predicted octanol–water partition coefficient (Wildman–Crippen LogP) is 2.71. The quantitative estimate of drug-likeness (QED) is 0.726. The Bertz CT molecular complexity index is 1020. The van der Waals surface area contributed by atoms with E-state index in [-0.39, 0.29) is 10.5 Å². The Hall–Kier alpha value is -2.78. The summed E-state index contributed by atoms with van der Waals surface area (Å²) >= 11 is 0. The van der Waals surface area contributed by atoms with E-state index in [0.717, 1.165) is 18.9 Å². The van der Waals surface area contributed by atoms with Crippen LogP contribution in [0.2, 0.25) is 0 Å². The van der Waals surface area contributed by atoms with E-state index in [9.17, 15) is 22.4 Å². The average Bonchev–Trinajstić information content (AvgIpc) is 3.24. The molecule has 3 rings (SSSR count). The molecule has 1 fully saturated rings. The van der Waals surface area contributed by atoms with Crippen LogP contribution < -0.4 is 5.32 Å². The molecule has 0 bridgehead atoms. The smallest absolute Gasteiger partial charge is 0.338 e. The number of nitrogens with zero attached hydrogens (tertiary/aromatic N) is 1. The Morgan fingerprint density at radius 1 is 1.10 bits per heavy atom. The van der Waals surface area contributed by atoms with Crippen LogP contribution in [0.3, 0.4) is 0 Å². The molecule has 0 saturated carbocycles. The molecule has 1 amide bonds. The first-order chi connectivity index (χ1) is 13.8. The first-order valence-electron chi connectivity index (χ1n) is 9.11. The molecular weight excluding hydrogens is 399 g/mol. The highest BCUT2D eigenvalue weighted by molar-refractivity contribution is 7.89. The monoisotopic (exact) mass is 420 g/mol. The number of rotatable bonds is 6. The second-order valence-corrected chi connectivity index (χ2v) is 8.66. The number of carbonyl (C=O) groups excluding carboxylic acids is 2. The van der Waals surface area contributed by atoms with Crippen molar-refractivity contribution in [2.24, 2.45) is 0 Å². The fourth-order valence-electron chi connectivity index (χ4n) is 2.92. The van der Waals surface area contributed by atoms with Crippen molar-refractivity contribution in [3.8, 4) is 0 Å². The van der Waals surface area contributed by atoms with Crippen molar-refractivity contribution in [2.45, 2.75) is 24.7 Å². The lowest BCUT2D eigenvalue weighted by molar-refractivity contribution is -0.119. The van der Waals surface area contributed by atoms with Gasteiger partial charge < -0.3 is 10.1 Å². The Morgan fingerprint density at radius 3 is 2.38 bits per heavy atom. The number of sulfonamides is 1. The van der Waals surface area contributed by atoms with Gasteiger partial charge in [-0.15, -0.1) is 0 Å². The zero-order valence-corrected chi connectivity index (χ0v) is 16.7. The Morgan fingerprint density at radius 2 is 1.76 bits per heavy atom. The summed E-state index contributed by atoms with van der Waals surface area (Å²) in [4.78, 5) is 24.0. The third-order valence-corrected chi connectivity index (χ3v) is 6.50. The van der Waals surface area contributed by atoms with E-state index in [1.807, 2.05) is 0 Å². The van der Waals surface area contributed by atoms with Gasteiger partial charge in [0.1, 0.15) is 5.82 Å². The summed E-state index contributed by atoms with van der Waals surface area (Å²) in [6.45, 7) is 2.04. The number of benzene rings is 2. The van der Waals surface area contributed by atoms with Gasteiger partial charge in [0, 0.05) is 18.8 Å². The molecule has 154 valence electrons. The molecule has 7 nitrogen and oxygen atoms in total. The summed E-state index contributed by atoms with van der Waals surface area (Å²) in [6, 6.07) is 9.70. The predicted molar refractivity (Wildman–Crippen MR) is 104 cm³/mol. The van der Waals surface area contributed by atoms with Crippen LogP contribution in [0.15, 0.2) is 47.4 Å². The molecule has 1 aliphatic rings. The Kier molecular flexibility index (Phi) is 6.29. The highest BCUT2D eigenvalue weighted by Gasteiger charge is 2.26. The summed E-state index contributed by atoms with van der Waals surface area (Å²) in [7, 11) is -3.52. The highest BCUT2D eigenvalue weighted by atomic mass is 32.2. The molecule has 2 aromatic rings. The summed E-state index contributed by atoms with van der Waals surface area (Å²) in [5, 5.41) is 2.52. The summed E-state index contributed by atoms with van der Waals surface area (Å²) in [5.41, 5.74) is 0.777. The van der Waals surface area contributed by atoms with E-state index in [2.05, 4.69) is 5.32 Å². The molecule has 0 aromatic heterocycles. The van der Waals surface area contributed by atoms with Gasteiger partial charge in [-0.2, -0.15) is 4.31 Å². The van der Waals surface area contributed by atoms with Gasteiger partial charge in [0.15, 0.2) is 6.61 Å². The minimum atomic E-state index is -3.52. The number of carbonyl (C=O) groups is 2. The molecule has 29 heavy (non-hydrogen) atoms. The molecule has 0 atom stereocenters. The van der Waals surface area contributed by atoms with Crippen LogP contribution in [0, 0.1) is 12.7 Å². The zero-order valence-electron chi connectivity index (χ0n) is 15.9. The lowest BCUT2D eigenvalue weighted by Crippen LogP contribution is -2.27. The first-order valence-corrected chi connectivity index (χ1v) is 10.5. The van der Waals surface area contributed by atoms with Crippen LogP contribution in [0.5, 0.6) is 0 Å². The molecule has 0 spiro atoms. The number of esters is 1. The van der Waals surface area contributed by atoms with Gasteiger partial charge in [-0.25, -0.2) is 17.6 Å². The van der Waals surface area contributed by atoms with Crippen molar-refractivity contribution in [3.63, 3.8) is 0 Å². The van der Waals surface area contributed by atoms with Crippen LogP contribution in [-0.2, 0) is 19.6 Å². The van der Waals surface area contributed by atoms with E-state index in [0.29, 0.717) is 24.3 Å². The van der Waals surface area contributed by atoms with Crippen LogP contribution in [0.1, 0.15) is 28.8 Å². The van der Waals surface area contributed by atoms with Gasteiger partial charge in [-0.05, 0) is 61.7 Å². The standard InChI is InChI=1S/C20H21FN2O5S/c1-14-4-5-15(12-18(14)21)20(25)28-13-19(24)22-16-6-8-17(9-7-16)29(26,27)23-10-2-3-11-23/h4-9,12H,2-3,10-11,13H2,1H3,(H,22,24). The fraction of sp³-hybridized carbons (Fsp3) is 0.300. The van der Waals surface area contributed by atoms with E-state index in [4.69, 9.17) is 4.74 Å². The summed E-state index contributed by atoms with van der Waals surface area (Å²) in [5.74, 6) is -1.94. The van der Waals surface area contributed by atoms with Crippen molar-refractivity contribution < 1.29 is 27.1 Å². The molecule has 9 heteroatoms. The minimum Gasteiger partial charge on any atom is -0.452 e. The minimum absolute atomic E-state index is 0.0115. The number of aryl methyl sites for hydroxylation is 1. The number of ether oxygens (including phenoxy) is 1. The number of nitrogens with one attached hydrogen (secondary N) is 1. The zero-order chi connectivity index (χ0) is 21.0. The van der Waals surface area contributed by atoms with Crippen LogP contribution in [0.4, 0.5) is 10.1 Å². The average molecular weight is 420 g/mol. The van der Waals surface area contributed by atoms with Crippen LogP contribution >= 0.6 is 0 Å². The number of amides is 1. The number of halogens is 1. The molecule has 1 N–H and O–H groups in total. The van der Waals surface area contributed by atoms with Crippen molar-refractivity contribution in [1.29, 1.82) is 0 Å². The third kappa shape index (κ3) is 4.99. The molecule has 2 aromatic carbocycles. The van der Waals surface area contributed by atoms with E-state index >= 15 is 0 Å². The third-order valence-electron chi connectivity index (χ3n) is 4.58. The molecule has 0 aliphatic carbocycles. The van der Waals surface area contributed by atoms with Crippen LogP contribution in [0.25, 0.3) is 0 Å². The van der Waals surface area contributed by atoms with Crippen LogP contribution in [-0.4, -0.2) is 44.3 Å². The maximum absolute atomic E-state index is 13.5. The van der Waals surface area contributed by atoms with Gasteiger partial charge in [0.05, 0.1) is 10.5 Å². The van der Waals surface area contributed by atoms with E-state index in [1.165, 1.54) is 40.7 Å². The van der Waals surface area contributed by atoms with Gasteiger partial charge in [-0.1, -0.05) is 6.07 Å². The largest absolute Gasteiger partial charge is 0.452 e. The molecule has 0 radical (unpaired) electrons. The lowest BCUT2D eigenvalue weighted by Gasteiger charge is -2.15. The van der Waals surface area contributed by atoms with Gasteiger partial charge >= 0.3 is 5.97 Å². The van der Waals surface area contributed by atoms with Gasteiger partial charge in [0.25, 0.3) is 5.91 Å². The van der Waals surface area contributed by atoms with Gasteiger partial charge in [0.2, 0.25) is 10.0 Å². The normalized spacial score (nSPS) is 14.6. The van der Waals surface area contributed by atoms with E-state index < -0.39 is 34.3 Å². The van der Waals surface area contributed by atoms with Gasteiger partial charge in [-0.3, -0.25) is 4.79 Å². The maximum atomic E-state index is 13.5. The summed E-state index contributed by atoms with van der Waals surface area (Å²) in [6.07, 6.45) is 1.70. The SMILES string of the molecule is Cc1ccc(C(=O)OCC(=O)Nc2ccc(S(=O)(=O)N3CCCC3)cc2)cc1F. The number of hydrogen-bond donors (Lipinski definition) is 1. The lowest BCUT2D eigenvalue weighted by atomic mass is 10.1. The molecule has 0 unspecified atom stereocenters. The Balaban J connectivity index is 1.55. The topological polar surface area (TPSA) is 92.8 Å². The second-order valence-electron chi connectivity index (χ2n) is 6.72. The molecule has 1 heterocycles. The fourth-order valence-corrected chi connectivity index (χ4v) is 4.44. The van der Waals surface area contributed by atoms with E-state index in [1.54, 1.807) is 6.92 Å². The van der Waals surface area contributed by atoms with Crippen molar-refractivity contribution in [1.82, 2.24) is 4.31 Å². The van der Waals surface area contributed by atoms with Crippen molar-refractivity contribution in [3.05, 3.63) is 59.4 Å². The molecular formula is C20H21FN2O5S. The number of anilines is 1. The maximum Gasteiger partial charge on any atom is 0.338 e. The van der Waals surface area contributed by atoms with Crippen molar-refractivity contribution >= 4 is 27.6 Å². The second kappa shape index (κ2) is 8.71. The highest BCUT2D eigenvalue weighted by Crippen LogP contribution is 2.22. The molecule has 1 aliphatic heterocycles. The molecule has 1 saturated heterocycles. The Labute approximate surface area is 168 Å². The number of hydrogen-bond acceptors (Lipinski definition) is 5. The first kappa shape index (κ1) is 20.9.